The molecule has 0 spiro atoms. The molecule has 4 aromatic rings. The van der Waals surface area contributed by atoms with Gasteiger partial charge in [0.25, 0.3) is 5.91 Å². The first-order valence-electron chi connectivity index (χ1n) is 11.1. The van der Waals surface area contributed by atoms with Crippen LogP contribution in [0.15, 0.2) is 65.4 Å². The molecule has 2 amide bonds. The van der Waals surface area contributed by atoms with Crippen LogP contribution in [0, 0.1) is 0 Å². The number of nitrogens with zero attached hydrogens (tertiary/aromatic N) is 4. The maximum Gasteiger partial charge on any atom is 0.289 e. The number of aromatic nitrogens is 2. The van der Waals surface area contributed by atoms with Crippen molar-refractivity contribution >= 4 is 39.4 Å². The van der Waals surface area contributed by atoms with E-state index < -0.39 is 0 Å². The lowest BCUT2D eigenvalue weighted by atomic mass is 9.99. The third kappa shape index (κ3) is 4.14. The highest BCUT2D eigenvalue weighted by Crippen LogP contribution is 2.27. The summed E-state index contributed by atoms with van der Waals surface area (Å²) in [5.41, 5.74) is 4.83. The van der Waals surface area contributed by atoms with Crippen molar-refractivity contribution in [1.82, 2.24) is 19.4 Å². The van der Waals surface area contributed by atoms with Crippen molar-refractivity contribution in [3.05, 3.63) is 72.3 Å². The Hall–Kier alpha value is -3.87. The van der Waals surface area contributed by atoms with Gasteiger partial charge in [-0.25, -0.2) is 4.98 Å². The number of imidazole rings is 1. The number of fused-ring (bicyclic) bond motifs is 2. The van der Waals surface area contributed by atoms with Gasteiger partial charge in [-0.15, -0.1) is 0 Å². The first-order chi connectivity index (χ1) is 16.0. The van der Waals surface area contributed by atoms with Crippen LogP contribution in [-0.4, -0.2) is 58.4 Å². The Morgan fingerprint density at radius 3 is 2.82 bits per heavy atom. The van der Waals surface area contributed by atoms with Crippen LogP contribution in [0.5, 0.6) is 0 Å². The molecule has 0 radical (unpaired) electrons. The van der Waals surface area contributed by atoms with Gasteiger partial charge in [-0.1, -0.05) is 24.3 Å². The minimum absolute atomic E-state index is 0.140. The molecule has 7 nitrogen and oxygen atoms in total. The number of rotatable bonds is 5. The van der Waals surface area contributed by atoms with Gasteiger partial charge < -0.3 is 18.8 Å². The van der Waals surface area contributed by atoms with Crippen molar-refractivity contribution in [2.75, 3.05) is 27.2 Å². The number of amides is 2. The summed E-state index contributed by atoms with van der Waals surface area (Å²) in [6, 6.07) is 15.7. The second-order valence-corrected chi connectivity index (χ2v) is 8.57. The third-order valence-electron chi connectivity index (χ3n) is 6.10. The van der Waals surface area contributed by atoms with Gasteiger partial charge in [0.15, 0.2) is 5.76 Å². The predicted octanol–water partition coefficient (Wildman–Crippen LogP) is 4.19. The van der Waals surface area contributed by atoms with Crippen LogP contribution >= 0.6 is 0 Å². The largest absolute Gasteiger partial charge is 0.451 e. The normalized spacial score (nSPS) is 14.0. The molecule has 5 rings (SSSR count). The minimum Gasteiger partial charge on any atom is -0.451 e. The van der Waals surface area contributed by atoms with Crippen LogP contribution in [0.4, 0.5) is 0 Å². The lowest BCUT2D eigenvalue weighted by Gasteiger charge is -2.28. The summed E-state index contributed by atoms with van der Waals surface area (Å²) in [6.45, 7) is 1.91. The highest BCUT2D eigenvalue weighted by molar-refractivity contribution is 5.96. The van der Waals surface area contributed by atoms with Crippen molar-refractivity contribution in [2.24, 2.45) is 0 Å². The number of hydrogen-bond donors (Lipinski definition) is 0. The summed E-state index contributed by atoms with van der Waals surface area (Å²) >= 11 is 0. The zero-order valence-electron chi connectivity index (χ0n) is 18.8. The van der Waals surface area contributed by atoms with Gasteiger partial charge in [0.1, 0.15) is 5.58 Å². The van der Waals surface area contributed by atoms with Crippen molar-refractivity contribution < 1.29 is 14.0 Å². The van der Waals surface area contributed by atoms with Gasteiger partial charge in [-0.05, 0) is 47.9 Å². The molecule has 0 aliphatic carbocycles. The number of aryl methyl sites for hydroxylation is 1. The molecule has 0 unspecified atom stereocenters. The topological polar surface area (TPSA) is 71.6 Å². The second kappa shape index (κ2) is 8.58. The van der Waals surface area contributed by atoms with Crippen LogP contribution in [0.2, 0.25) is 0 Å². The molecule has 1 aliphatic heterocycles. The molecule has 0 bridgehead atoms. The molecule has 0 saturated heterocycles. The number of para-hydroxylation sites is 2. The predicted molar refractivity (Wildman–Crippen MR) is 128 cm³/mol. The van der Waals surface area contributed by atoms with Gasteiger partial charge in [0.2, 0.25) is 5.91 Å². The monoisotopic (exact) mass is 442 g/mol. The Morgan fingerprint density at radius 2 is 1.97 bits per heavy atom. The number of hydrogen-bond acceptors (Lipinski definition) is 4. The van der Waals surface area contributed by atoms with E-state index in [1.165, 1.54) is 4.90 Å². The summed E-state index contributed by atoms with van der Waals surface area (Å²) in [6.07, 6.45) is 5.25. The van der Waals surface area contributed by atoms with Crippen LogP contribution in [-0.2, 0) is 11.3 Å². The number of benzene rings is 2. The van der Waals surface area contributed by atoms with E-state index in [-0.39, 0.29) is 11.8 Å². The van der Waals surface area contributed by atoms with E-state index in [0.717, 1.165) is 40.5 Å². The molecule has 7 heteroatoms. The van der Waals surface area contributed by atoms with Gasteiger partial charge in [0.05, 0.1) is 17.4 Å². The molecule has 33 heavy (non-hydrogen) atoms. The van der Waals surface area contributed by atoms with Crippen LogP contribution < -0.4 is 0 Å². The van der Waals surface area contributed by atoms with E-state index in [4.69, 9.17) is 4.42 Å². The minimum atomic E-state index is -0.160. The Balaban J connectivity index is 1.28. The van der Waals surface area contributed by atoms with E-state index in [0.29, 0.717) is 30.9 Å². The molecule has 0 atom stereocenters. The Morgan fingerprint density at radius 1 is 1.12 bits per heavy atom. The second-order valence-electron chi connectivity index (χ2n) is 8.57. The maximum atomic E-state index is 13.0. The standard InChI is InChI=1S/C26H26N4O3/c1-28(2)26(32)24-15-20-14-18(9-10-23(20)33-24)19-6-5-12-29(16-19)25(31)11-13-30-17-27-21-7-3-4-8-22(21)30/h3-4,6-10,14-15,17H,5,11-13,16H2,1-2H3. The molecule has 3 heterocycles. The number of furan rings is 1. The molecule has 0 saturated carbocycles. The Bertz CT molecular complexity index is 1380. The zero-order chi connectivity index (χ0) is 22.9. The Kier molecular flexibility index (Phi) is 5.46. The van der Waals surface area contributed by atoms with Crippen molar-refractivity contribution in [1.29, 1.82) is 0 Å². The molecular formula is C26H26N4O3. The number of carbonyl (C=O) groups excluding carboxylic acids is 2. The Labute approximate surface area is 191 Å². The quantitative estimate of drug-likeness (QED) is 0.465. The maximum absolute atomic E-state index is 13.0. The van der Waals surface area contributed by atoms with E-state index in [2.05, 4.69) is 11.1 Å². The molecule has 0 fully saturated rings. The molecule has 2 aromatic carbocycles. The van der Waals surface area contributed by atoms with Gasteiger partial charge in [-0.2, -0.15) is 0 Å². The van der Waals surface area contributed by atoms with Gasteiger partial charge in [-0.3, -0.25) is 9.59 Å². The fourth-order valence-electron chi connectivity index (χ4n) is 4.30. The van der Waals surface area contributed by atoms with Crippen LogP contribution in [0.1, 0.15) is 29.0 Å². The third-order valence-corrected chi connectivity index (χ3v) is 6.10. The van der Waals surface area contributed by atoms with Crippen LogP contribution in [0.25, 0.3) is 27.6 Å². The van der Waals surface area contributed by atoms with E-state index in [1.54, 1.807) is 26.5 Å². The van der Waals surface area contributed by atoms with Crippen LogP contribution in [0.3, 0.4) is 0 Å². The van der Waals surface area contributed by atoms with Gasteiger partial charge >= 0.3 is 0 Å². The smallest absolute Gasteiger partial charge is 0.289 e. The summed E-state index contributed by atoms with van der Waals surface area (Å²) in [5, 5.41) is 0.883. The first-order valence-corrected chi connectivity index (χ1v) is 11.1. The average Bonchev–Trinajstić information content (AvgIpc) is 3.45. The van der Waals surface area contributed by atoms with E-state index >= 15 is 0 Å². The van der Waals surface area contributed by atoms with E-state index in [9.17, 15) is 9.59 Å². The zero-order valence-corrected chi connectivity index (χ0v) is 18.8. The van der Waals surface area contributed by atoms with Crippen molar-refractivity contribution in [2.45, 2.75) is 19.4 Å². The fraction of sp³-hybridized carbons (Fsp3) is 0.269. The SMILES string of the molecule is CN(C)C(=O)c1cc2cc(C3=CCCN(C(=O)CCn4cnc5ccccc54)C3)ccc2o1. The molecule has 1 aliphatic rings. The molecular weight excluding hydrogens is 416 g/mol. The van der Waals surface area contributed by atoms with Crippen molar-refractivity contribution in [3.8, 4) is 0 Å². The van der Waals surface area contributed by atoms with E-state index in [1.807, 2.05) is 51.9 Å². The number of carbonyl (C=O) groups is 2. The summed E-state index contributed by atoms with van der Waals surface area (Å²) < 4.78 is 7.74. The fourth-order valence-corrected chi connectivity index (χ4v) is 4.30. The highest BCUT2D eigenvalue weighted by Gasteiger charge is 2.20. The molecule has 168 valence electrons. The summed E-state index contributed by atoms with van der Waals surface area (Å²) in [4.78, 5) is 33.0. The average molecular weight is 443 g/mol. The summed E-state index contributed by atoms with van der Waals surface area (Å²) in [5.74, 6) is 0.308. The molecule has 0 N–H and O–H groups in total. The first kappa shape index (κ1) is 21.0. The summed E-state index contributed by atoms with van der Waals surface area (Å²) in [7, 11) is 3.41. The van der Waals surface area contributed by atoms with Crippen molar-refractivity contribution in [3.63, 3.8) is 0 Å². The molecule has 2 aromatic heterocycles. The lowest BCUT2D eigenvalue weighted by Crippen LogP contribution is -2.35. The lowest BCUT2D eigenvalue weighted by molar-refractivity contribution is -0.130. The highest BCUT2D eigenvalue weighted by atomic mass is 16.3. The van der Waals surface area contributed by atoms with Gasteiger partial charge in [0, 0.05) is 45.5 Å².